The molecule has 1 N–H and O–H groups in total. The average Bonchev–Trinajstić information content (AvgIpc) is 2.40. The summed E-state index contributed by atoms with van der Waals surface area (Å²) < 4.78 is 5.44. The number of carbonyl (C=O) groups is 1. The Hall–Kier alpha value is -1.35. The second-order valence-electron chi connectivity index (χ2n) is 5.43. The van der Waals surface area contributed by atoms with E-state index in [1.807, 2.05) is 44.2 Å². The first-order valence-electron chi connectivity index (χ1n) is 7.17. The summed E-state index contributed by atoms with van der Waals surface area (Å²) in [6, 6.07) is 10.2. The fourth-order valence-electron chi connectivity index (χ4n) is 2.66. The standard InChI is InChI=1S/C16H23NO2/c1-12(2)19-16(18)15(13-8-4-3-5-9-13)14-10-6-7-11-17-14/h3-5,8-9,12,14-15,17H,6-7,10-11H2,1-2H3/t14-,15-/m0/s1. The van der Waals surface area contributed by atoms with Gasteiger partial charge in [0.2, 0.25) is 0 Å². The molecule has 0 aromatic heterocycles. The van der Waals surface area contributed by atoms with Crippen LogP contribution in [0.3, 0.4) is 0 Å². The third-order valence-corrected chi connectivity index (χ3v) is 3.52. The average molecular weight is 261 g/mol. The summed E-state index contributed by atoms with van der Waals surface area (Å²) in [5.74, 6) is -0.301. The van der Waals surface area contributed by atoms with E-state index in [0.29, 0.717) is 0 Å². The number of hydrogen-bond donors (Lipinski definition) is 1. The minimum atomic E-state index is -0.191. The number of ether oxygens (including phenoxy) is 1. The molecule has 3 nitrogen and oxygen atoms in total. The highest BCUT2D eigenvalue weighted by atomic mass is 16.5. The number of benzene rings is 1. The highest BCUT2D eigenvalue weighted by Gasteiger charge is 2.32. The Bertz CT molecular complexity index is 396. The third-order valence-electron chi connectivity index (χ3n) is 3.52. The number of carbonyl (C=O) groups excluding carboxylic acids is 1. The molecule has 19 heavy (non-hydrogen) atoms. The summed E-state index contributed by atoms with van der Waals surface area (Å²) in [7, 11) is 0. The molecule has 1 fully saturated rings. The van der Waals surface area contributed by atoms with Crippen LogP contribution >= 0.6 is 0 Å². The molecule has 0 spiro atoms. The van der Waals surface area contributed by atoms with Gasteiger partial charge in [-0.15, -0.1) is 0 Å². The van der Waals surface area contributed by atoms with Crippen molar-refractivity contribution in [1.82, 2.24) is 5.32 Å². The van der Waals surface area contributed by atoms with Crippen LogP contribution in [0.25, 0.3) is 0 Å². The van der Waals surface area contributed by atoms with E-state index in [1.165, 1.54) is 12.8 Å². The minimum absolute atomic E-state index is 0.0673. The lowest BCUT2D eigenvalue weighted by Crippen LogP contribution is -2.42. The molecule has 0 unspecified atom stereocenters. The Balaban J connectivity index is 2.19. The molecule has 2 atom stereocenters. The van der Waals surface area contributed by atoms with Gasteiger partial charge in [0.15, 0.2) is 0 Å². The molecular formula is C16H23NO2. The Morgan fingerprint density at radius 3 is 2.58 bits per heavy atom. The van der Waals surface area contributed by atoms with Crippen molar-refractivity contribution in [3.8, 4) is 0 Å². The van der Waals surface area contributed by atoms with Gasteiger partial charge in [0.05, 0.1) is 12.0 Å². The highest BCUT2D eigenvalue weighted by Crippen LogP contribution is 2.27. The molecule has 0 amide bonds. The maximum absolute atomic E-state index is 12.4. The van der Waals surface area contributed by atoms with Crippen LogP contribution in [0.1, 0.15) is 44.6 Å². The van der Waals surface area contributed by atoms with Gasteiger partial charge in [0.1, 0.15) is 0 Å². The van der Waals surface area contributed by atoms with Crippen LogP contribution in [0.5, 0.6) is 0 Å². The van der Waals surface area contributed by atoms with Crippen LogP contribution in [0.2, 0.25) is 0 Å². The monoisotopic (exact) mass is 261 g/mol. The van der Waals surface area contributed by atoms with E-state index in [1.54, 1.807) is 0 Å². The van der Waals surface area contributed by atoms with Crippen LogP contribution in [0, 0.1) is 0 Å². The van der Waals surface area contributed by atoms with Crippen molar-refractivity contribution in [1.29, 1.82) is 0 Å². The number of esters is 1. The van der Waals surface area contributed by atoms with Gasteiger partial charge >= 0.3 is 5.97 Å². The SMILES string of the molecule is CC(C)OC(=O)[C@@H](c1ccccc1)[C@@H]1CCCCN1. The molecule has 1 heterocycles. The third kappa shape index (κ3) is 3.80. The molecule has 0 bridgehead atoms. The predicted molar refractivity (Wildman–Crippen MR) is 76.1 cm³/mol. The van der Waals surface area contributed by atoms with Crippen LogP contribution < -0.4 is 5.32 Å². The lowest BCUT2D eigenvalue weighted by molar-refractivity contribution is -0.150. The summed E-state index contributed by atoms with van der Waals surface area (Å²) in [6.07, 6.45) is 3.34. The molecule has 104 valence electrons. The summed E-state index contributed by atoms with van der Waals surface area (Å²) in [4.78, 5) is 12.4. The van der Waals surface area contributed by atoms with E-state index >= 15 is 0 Å². The Morgan fingerprint density at radius 1 is 1.26 bits per heavy atom. The topological polar surface area (TPSA) is 38.3 Å². The molecule has 1 aromatic carbocycles. The fourth-order valence-corrected chi connectivity index (χ4v) is 2.66. The zero-order valence-corrected chi connectivity index (χ0v) is 11.8. The normalized spacial score (nSPS) is 21.1. The van der Waals surface area contributed by atoms with Crippen molar-refractivity contribution in [2.75, 3.05) is 6.54 Å². The zero-order valence-electron chi connectivity index (χ0n) is 11.8. The Morgan fingerprint density at radius 2 is 2.00 bits per heavy atom. The molecule has 1 aliphatic heterocycles. The molecule has 0 saturated carbocycles. The van der Waals surface area contributed by atoms with Crippen LogP contribution in [0.4, 0.5) is 0 Å². The van der Waals surface area contributed by atoms with Gasteiger partial charge in [-0.3, -0.25) is 4.79 Å². The Kier molecular flexibility index (Phi) is 4.97. The lowest BCUT2D eigenvalue weighted by atomic mass is 9.86. The number of rotatable bonds is 4. The summed E-state index contributed by atoms with van der Waals surface area (Å²) in [5.41, 5.74) is 1.05. The second-order valence-corrected chi connectivity index (χ2v) is 5.43. The summed E-state index contributed by atoms with van der Waals surface area (Å²) >= 11 is 0. The van der Waals surface area contributed by atoms with E-state index < -0.39 is 0 Å². The fraction of sp³-hybridized carbons (Fsp3) is 0.562. The van der Waals surface area contributed by atoms with Gasteiger partial charge in [-0.05, 0) is 38.8 Å². The van der Waals surface area contributed by atoms with Gasteiger partial charge in [0, 0.05) is 6.04 Å². The van der Waals surface area contributed by atoms with Crippen molar-refractivity contribution < 1.29 is 9.53 Å². The van der Waals surface area contributed by atoms with Gasteiger partial charge in [-0.1, -0.05) is 36.8 Å². The van der Waals surface area contributed by atoms with E-state index in [0.717, 1.165) is 18.5 Å². The van der Waals surface area contributed by atoms with Crippen molar-refractivity contribution >= 4 is 5.97 Å². The molecule has 1 aromatic rings. The van der Waals surface area contributed by atoms with Gasteiger partial charge in [0.25, 0.3) is 0 Å². The highest BCUT2D eigenvalue weighted by molar-refractivity contribution is 5.79. The van der Waals surface area contributed by atoms with Crippen LogP contribution in [-0.2, 0) is 9.53 Å². The quantitative estimate of drug-likeness (QED) is 0.847. The van der Waals surface area contributed by atoms with E-state index in [9.17, 15) is 4.79 Å². The molecule has 1 saturated heterocycles. The predicted octanol–water partition coefficient (Wildman–Crippen LogP) is 2.86. The lowest BCUT2D eigenvalue weighted by Gasteiger charge is -2.30. The van der Waals surface area contributed by atoms with E-state index in [-0.39, 0.29) is 24.0 Å². The molecule has 2 rings (SSSR count). The zero-order chi connectivity index (χ0) is 13.7. The maximum Gasteiger partial charge on any atom is 0.315 e. The van der Waals surface area contributed by atoms with Crippen molar-refractivity contribution in [2.45, 2.75) is 51.2 Å². The molecule has 0 radical (unpaired) electrons. The van der Waals surface area contributed by atoms with Crippen molar-refractivity contribution in [3.63, 3.8) is 0 Å². The molecule has 0 aliphatic carbocycles. The smallest absolute Gasteiger partial charge is 0.315 e. The molecular weight excluding hydrogens is 238 g/mol. The first kappa shape index (κ1) is 14.1. The maximum atomic E-state index is 12.4. The van der Waals surface area contributed by atoms with Crippen LogP contribution in [0.15, 0.2) is 30.3 Å². The second kappa shape index (κ2) is 6.71. The van der Waals surface area contributed by atoms with E-state index in [4.69, 9.17) is 4.74 Å². The van der Waals surface area contributed by atoms with Crippen LogP contribution in [-0.4, -0.2) is 24.7 Å². The molecule has 3 heteroatoms. The van der Waals surface area contributed by atoms with Crippen molar-refractivity contribution in [3.05, 3.63) is 35.9 Å². The first-order chi connectivity index (χ1) is 9.18. The number of hydrogen-bond acceptors (Lipinski definition) is 3. The molecule has 1 aliphatic rings. The van der Waals surface area contributed by atoms with E-state index in [2.05, 4.69) is 5.32 Å². The van der Waals surface area contributed by atoms with Gasteiger partial charge in [-0.2, -0.15) is 0 Å². The van der Waals surface area contributed by atoms with Gasteiger partial charge in [-0.25, -0.2) is 0 Å². The Labute approximate surface area is 115 Å². The minimum Gasteiger partial charge on any atom is -0.462 e. The van der Waals surface area contributed by atoms with Gasteiger partial charge < -0.3 is 10.1 Å². The number of nitrogens with one attached hydrogen (secondary N) is 1. The summed E-state index contributed by atoms with van der Waals surface area (Å²) in [5, 5.41) is 3.47. The number of piperidine rings is 1. The first-order valence-corrected chi connectivity index (χ1v) is 7.17. The summed E-state index contributed by atoms with van der Waals surface area (Å²) in [6.45, 7) is 4.78. The van der Waals surface area contributed by atoms with Crippen molar-refractivity contribution in [2.24, 2.45) is 0 Å². The largest absolute Gasteiger partial charge is 0.462 e.